The van der Waals surface area contributed by atoms with Crippen LogP contribution in [0.4, 0.5) is 5.69 Å². The van der Waals surface area contributed by atoms with Crippen molar-refractivity contribution >= 4 is 18.2 Å². The number of hydrogen-bond acceptors (Lipinski definition) is 2. The molecule has 4 rings (SSSR count). The number of rotatable bonds is 2. The lowest BCUT2D eigenvalue weighted by Crippen LogP contribution is -2.28. The summed E-state index contributed by atoms with van der Waals surface area (Å²) in [6, 6.07) is 2.25. The van der Waals surface area contributed by atoms with Crippen LogP contribution >= 0.6 is 0 Å². The molecule has 0 amide bonds. The summed E-state index contributed by atoms with van der Waals surface area (Å²) in [6.07, 6.45) is 2.94. The third kappa shape index (κ3) is 0.845. The van der Waals surface area contributed by atoms with E-state index in [2.05, 4.69) is 38.8 Å². The SMILES string of the molecule is CC1(C)c2cc3c(N=C[C]=O)c(c21)C3(C)C. The Morgan fingerprint density at radius 1 is 1.12 bits per heavy atom. The highest BCUT2D eigenvalue weighted by atomic mass is 16.1. The van der Waals surface area contributed by atoms with Gasteiger partial charge in [-0.3, -0.25) is 9.79 Å². The summed E-state index contributed by atoms with van der Waals surface area (Å²) in [4.78, 5) is 14.4. The van der Waals surface area contributed by atoms with Gasteiger partial charge in [0.1, 0.15) is 0 Å². The number of aliphatic imine (C=N–C) groups is 1. The van der Waals surface area contributed by atoms with Crippen LogP contribution in [0.5, 0.6) is 0 Å². The minimum absolute atomic E-state index is 0.113. The van der Waals surface area contributed by atoms with Crippen molar-refractivity contribution < 1.29 is 4.79 Å². The molecule has 0 unspecified atom stereocenters. The number of hydrogen-bond donors (Lipinski definition) is 0. The van der Waals surface area contributed by atoms with E-state index in [1.807, 2.05) is 0 Å². The predicted octanol–water partition coefficient (Wildman–Crippen LogP) is 2.78. The number of carbonyl (C=O) groups excluding carboxylic acids is 1. The molecular weight excluding hydrogens is 198 g/mol. The van der Waals surface area contributed by atoms with Gasteiger partial charge in [0.15, 0.2) is 0 Å². The largest absolute Gasteiger partial charge is 0.284 e. The number of nitrogens with zero attached hydrogens (tertiary/aromatic N) is 1. The van der Waals surface area contributed by atoms with Gasteiger partial charge in [-0.2, -0.15) is 0 Å². The van der Waals surface area contributed by atoms with E-state index >= 15 is 0 Å². The Labute approximate surface area is 95.4 Å². The highest BCUT2D eigenvalue weighted by Gasteiger charge is 2.54. The topological polar surface area (TPSA) is 29.4 Å². The number of benzene rings is 1. The quantitative estimate of drug-likeness (QED) is 0.693. The van der Waals surface area contributed by atoms with Crippen molar-refractivity contribution in [3.63, 3.8) is 0 Å². The first-order chi connectivity index (χ1) is 7.42. The average Bonchev–Trinajstić information content (AvgIpc) is 2.77. The van der Waals surface area contributed by atoms with Crippen LogP contribution in [0, 0.1) is 0 Å². The lowest BCUT2D eigenvalue weighted by molar-refractivity contribution is 0.567. The Morgan fingerprint density at radius 2 is 1.75 bits per heavy atom. The molecule has 0 fully saturated rings. The summed E-state index contributed by atoms with van der Waals surface area (Å²) >= 11 is 0. The van der Waals surface area contributed by atoms with Crippen molar-refractivity contribution in [1.29, 1.82) is 0 Å². The van der Waals surface area contributed by atoms with Crippen molar-refractivity contribution in [2.24, 2.45) is 4.99 Å². The molecule has 0 N–H and O–H groups in total. The van der Waals surface area contributed by atoms with Crippen LogP contribution in [-0.2, 0) is 15.6 Å². The maximum absolute atomic E-state index is 10.2. The summed E-state index contributed by atoms with van der Waals surface area (Å²) in [5.41, 5.74) is 6.81. The smallest absolute Gasteiger partial charge is 0.245 e. The second-order valence-electron chi connectivity index (χ2n) is 5.70. The molecule has 16 heavy (non-hydrogen) atoms. The van der Waals surface area contributed by atoms with Gasteiger partial charge in [-0.25, -0.2) is 0 Å². The molecule has 0 aliphatic heterocycles. The first-order valence-corrected chi connectivity index (χ1v) is 5.55. The molecule has 0 atom stereocenters. The molecule has 0 heterocycles. The van der Waals surface area contributed by atoms with E-state index in [1.165, 1.54) is 28.5 Å². The Morgan fingerprint density at radius 3 is 2.31 bits per heavy atom. The molecule has 81 valence electrons. The van der Waals surface area contributed by atoms with E-state index < -0.39 is 0 Å². The predicted molar refractivity (Wildman–Crippen MR) is 64.5 cm³/mol. The van der Waals surface area contributed by atoms with Gasteiger partial charge in [0.2, 0.25) is 6.29 Å². The third-order valence-electron chi connectivity index (χ3n) is 4.08. The average molecular weight is 212 g/mol. The first-order valence-electron chi connectivity index (χ1n) is 5.55. The van der Waals surface area contributed by atoms with Gasteiger partial charge >= 0.3 is 0 Å². The van der Waals surface area contributed by atoms with Crippen LogP contribution in [0.2, 0.25) is 0 Å². The second kappa shape index (κ2) is 2.45. The minimum atomic E-state index is 0.113. The third-order valence-corrected chi connectivity index (χ3v) is 4.08. The van der Waals surface area contributed by atoms with Crippen LogP contribution in [0.1, 0.15) is 49.9 Å². The van der Waals surface area contributed by atoms with Gasteiger partial charge in [-0.1, -0.05) is 33.8 Å². The summed E-state index contributed by atoms with van der Waals surface area (Å²) in [5.74, 6) is 0. The van der Waals surface area contributed by atoms with E-state index in [0.717, 1.165) is 5.69 Å². The van der Waals surface area contributed by atoms with E-state index in [4.69, 9.17) is 0 Å². The minimum Gasteiger partial charge on any atom is -0.284 e. The maximum Gasteiger partial charge on any atom is 0.245 e. The van der Waals surface area contributed by atoms with Gasteiger partial charge in [0, 0.05) is 10.8 Å². The molecule has 2 nitrogen and oxygen atoms in total. The molecule has 0 spiro atoms. The molecule has 3 aliphatic carbocycles. The lowest BCUT2D eigenvalue weighted by Gasteiger charge is -2.38. The maximum atomic E-state index is 10.2. The highest BCUT2D eigenvalue weighted by molar-refractivity contribution is 6.14. The molecule has 1 aromatic rings. The molecule has 0 aromatic heterocycles. The van der Waals surface area contributed by atoms with Gasteiger partial charge in [-0.15, -0.1) is 0 Å². The molecule has 1 aromatic carbocycles. The van der Waals surface area contributed by atoms with Crippen molar-refractivity contribution in [1.82, 2.24) is 0 Å². The van der Waals surface area contributed by atoms with Crippen molar-refractivity contribution in [2.75, 3.05) is 0 Å². The molecule has 0 saturated heterocycles. The van der Waals surface area contributed by atoms with Gasteiger partial charge in [-0.05, 0) is 22.3 Å². The molecule has 1 radical (unpaired) electrons. The fourth-order valence-corrected chi connectivity index (χ4v) is 3.05. The van der Waals surface area contributed by atoms with Gasteiger partial charge in [0.05, 0.1) is 11.9 Å². The Hall–Kier alpha value is -1.44. The van der Waals surface area contributed by atoms with Gasteiger partial charge in [0.25, 0.3) is 0 Å². The van der Waals surface area contributed by atoms with Crippen LogP contribution in [0.3, 0.4) is 0 Å². The Kier molecular flexibility index (Phi) is 1.49. The fraction of sp³-hybridized carbons (Fsp3) is 0.429. The monoisotopic (exact) mass is 212 g/mol. The molecule has 2 bridgehead atoms. The molecule has 0 saturated carbocycles. The summed E-state index contributed by atoms with van der Waals surface area (Å²) in [6.45, 7) is 8.92. The zero-order valence-electron chi connectivity index (χ0n) is 10.0. The van der Waals surface area contributed by atoms with E-state index in [0.29, 0.717) is 0 Å². The Balaban J connectivity index is 2.20. The molecule has 2 heteroatoms. The lowest BCUT2D eigenvalue weighted by atomic mass is 9.66. The first kappa shape index (κ1) is 9.76. The van der Waals surface area contributed by atoms with Gasteiger partial charge < -0.3 is 0 Å². The van der Waals surface area contributed by atoms with Crippen molar-refractivity contribution in [3.8, 4) is 0 Å². The van der Waals surface area contributed by atoms with Crippen LogP contribution < -0.4 is 0 Å². The van der Waals surface area contributed by atoms with Crippen LogP contribution in [-0.4, -0.2) is 12.5 Å². The molecule has 3 aliphatic rings. The van der Waals surface area contributed by atoms with Crippen LogP contribution in [0.25, 0.3) is 0 Å². The Bertz CT molecular complexity index is 550. The normalized spacial score (nSPS) is 21.5. The molecular formula is C14H14NO. The zero-order valence-corrected chi connectivity index (χ0v) is 10.0. The second-order valence-corrected chi connectivity index (χ2v) is 5.70. The van der Waals surface area contributed by atoms with E-state index in [-0.39, 0.29) is 10.8 Å². The van der Waals surface area contributed by atoms with E-state index in [1.54, 1.807) is 6.29 Å². The van der Waals surface area contributed by atoms with Crippen LogP contribution in [0.15, 0.2) is 11.1 Å². The van der Waals surface area contributed by atoms with E-state index in [9.17, 15) is 4.79 Å². The summed E-state index contributed by atoms with van der Waals surface area (Å²) < 4.78 is 0. The summed E-state index contributed by atoms with van der Waals surface area (Å²) in [7, 11) is 0. The van der Waals surface area contributed by atoms with Crippen molar-refractivity contribution in [2.45, 2.75) is 38.5 Å². The zero-order chi connectivity index (χ0) is 11.7. The fourth-order valence-electron chi connectivity index (χ4n) is 3.05. The standard InChI is InChI=1S/C14H14NO/c1-13(2)8-7-9-12(15-5-6-16)11(10(8)13)14(9,3)4/h5,7H,1-4H3. The summed E-state index contributed by atoms with van der Waals surface area (Å²) in [5, 5.41) is 0. The van der Waals surface area contributed by atoms with Crippen molar-refractivity contribution in [3.05, 3.63) is 28.3 Å². The highest BCUT2D eigenvalue weighted by Crippen LogP contribution is 2.65.